The third kappa shape index (κ3) is 5.28. The summed E-state index contributed by atoms with van der Waals surface area (Å²) in [6.07, 6.45) is 0.397. The van der Waals surface area contributed by atoms with Gasteiger partial charge in [-0.05, 0) is 49.7 Å². The van der Waals surface area contributed by atoms with Crippen LogP contribution in [0.3, 0.4) is 0 Å². The van der Waals surface area contributed by atoms with Crippen molar-refractivity contribution in [3.8, 4) is 5.75 Å². The lowest BCUT2D eigenvalue weighted by Gasteiger charge is -2.33. The third-order valence-corrected chi connectivity index (χ3v) is 8.90. The van der Waals surface area contributed by atoms with E-state index in [0.29, 0.717) is 54.0 Å². The maximum atomic E-state index is 13.4. The highest BCUT2D eigenvalue weighted by molar-refractivity contribution is 6.21. The molecule has 0 spiro atoms. The first-order valence-corrected chi connectivity index (χ1v) is 15.1. The van der Waals surface area contributed by atoms with Gasteiger partial charge in [-0.1, -0.05) is 49.4 Å². The average molecular weight is 600 g/mol. The zero-order valence-corrected chi connectivity index (χ0v) is 24.9. The molecule has 3 aliphatic heterocycles. The van der Waals surface area contributed by atoms with Crippen molar-refractivity contribution in [2.45, 2.75) is 50.2 Å². The Kier molecular flexibility index (Phi) is 8.50. The second-order valence-corrected chi connectivity index (χ2v) is 11.4. The van der Waals surface area contributed by atoms with Gasteiger partial charge in [0.1, 0.15) is 18.6 Å². The van der Waals surface area contributed by atoms with Crippen molar-refractivity contribution in [1.82, 2.24) is 15.5 Å². The van der Waals surface area contributed by atoms with Gasteiger partial charge in [0.05, 0.1) is 35.8 Å². The Balaban J connectivity index is 1.06. The maximum Gasteiger partial charge on any atom is 0.261 e. The molecule has 3 amide bonds. The number of hydrogen-bond acceptors (Lipinski definition) is 8. The fraction of sp³-hybridized carbons (Fsp3) is 0.382. The number of carbonyl (C=O) groups excluding carboxylic acids is 3. The van der Waals surface area contributed by atoms with Crippen molar-refractivity contribution < 1.29 is 33.7 Å². The highest BCUT2D eigenvalue weighted by Gasteiger charge is 2.44. The smallest absolute Gasteiger partial charge is 0.261 e. The molecule has 6 rings (SSSR count). The van der Waals surface area contributed by atoms with Gasteiger partial charge in [0.2, 0.25) is 0 Å². The molecule has 1 saturated heterocycles. The van der Waals surface area contributed by atoms with E-state index in [1.807, 2.05) is 24.3 Å². The number of amides is 3. The number of ether oxygens (including phenoxy) is 3. The number of rotatable bonds is 10. The summed E-state index contributed by atoms with van der Waals surface area (Å²) < 4.78 is 17.9. The normalized spacial score (nSPS) is 23.2. The van der Waals surface area contributed by atoms with Crippen molar-refractivity contribution >= 4 is 17.7 Å². The summed E-state index contributed by atoms with van der Waals surface area (Å²) in [6, 6.07) is 20.0. The summed E-state index contributed by atoms with van der Waals surface area (Å²) in [4.78, 5) is 40.1. The molecule has 3 aromatic carbocycles. The average Bonchev–Trinajstić information content (AvgIpc) is 3.58. The molecule has 3 aliphatic rings. The lowest BCUT2D eigenvalue weighted by Crippen LogP contribution is -2.49. The quantitative estimate of drug-likeness (QED) is 0.184. The number of carbonyl (C=O) groups is 3. The van der Waals surface area contributed by atoms with Gasteiger partial charge in [0.25, 0.3) is 17.7 Å². The Morgan fingerprint density at radius 3 is 2.32 bits per heavy atom. The molecule has 0 bridgehead atoms. The molecule has 3 heterocycles. The summed E-state index contributed by atoms with van der Waals surface area (Å²) in [5, 5.41) is 16.6. The highest BCUT2D eigenvalue weighted by atomic mass is 16.7. The van der Waals surface area contributed by atoms with E-state index in [0.717, 1.165) is 17.5 Å². The Labute approximate surface area is 256 Å². The van der Waals surface area contributed by atoms with Crippen LogP contribution in [0.25, 0.3) is 0 Å². The predicted molar refractivity (Wildman–Crippen MR) is 161 cm³/mol. The summed E-state index contributed by atoms with van der Waals surface area (Å²) in [6.45, 7) is 3.29. The summed E-state index contributed by atoms with van der Waals surface area (Å²) in [5.41, 5.74) is 3.33. The van der Waals surface area contributed by atoms with E-state index in [1.54, 1.807) is 37.4 Å². The van der Waals surface area contributed by atoms with E-state index in [-0.39, 0.29) is 30.9 Å². The minimum absolute atomic E-state index is 0.191. The van der Waals surface area contributed by atoms with Gasteiger partial charge in [0, 0.05) is 29.7 Å². The standard InChI is InChI=1S/C34H37N3O7/c1-3-34(22-10-5-4-6-11-22)20-44-29-26(31(39)35-2)16-21(17-27(29)34)30(38)36-15-9-14-28-42-18-23(19-43-28)37-32(40)24-12-7-8-13-25(24)33(37)41/h4-8,10-13,16-17,23,28,31,35,39H,3,9,14-15,18-20H2,1-2H3,(H,36,38)/t23?,28?,31?,34-/m0/s1. The van der Waals surface area contributed by atoms with Crippen LogP contribution >= 0.6 is 0 Å². The molecule has 0 aliphatic carbocycles. The second-order valence-electron chi connectivity index (χ2n) is 11.4. The Bertz CT molecular complexity index is 1520. The molecule has 0 radical (unpaired) electrons. The van der Waals surface area contributed by atoms with Crippen LogP contribution in [0.2, 0.25) is 0 Å². The molecule has 44 heavy (non-hydrogen) atoms. The van der Waals surface area contributed by atoms with Crippen LogP contribution < -0.4 is 15.4 Å². The van der Waals surface area contributed by atoms with Gasteiger partial charge in [-0.2, -0.15) is 0 Å². The zero-order chi connectivity index (χ0) is 30.8. The largest absolute Gasteiger partial charge is 0.492 e. The number of imide groups is 1. The van der Waals surface area contributed by atoms with Crippen LogP contribution in [0.15, 0.2) is 66.7 Å². The van der Waals surface area contributed by atoms with Gasteiger partial charge in [-0.25, -0.2) is 0 Å². The molecule has 10 nitrogen and oxygen atoms in total. The van der Waals surface area contributed by atoms with Crippen LogP contribution in [0.4, 0.5) is 0 Å². The van der Waals surface area contributed by atoms with Gasteiger partial charge in [-0.15, -0.1) is 0 Å². The molecule has 10 heteroatoms. The predicted octanol–water partition coefficient (Wildman–Crippen LogP) is 3.53. The van der Waals surface area contributed by atoms with Gasteiger partial charge < -0.3 is 24.6 Å². The zero-order valence-electron chi connectivity index (χ0n) is 24.9. The minimum Gasteiger partial charge on any atom is -0.492 e. The summed E-state index contributed by atoms with van der Waals surface area (Å²) in [7, 11) is 1.65. The number of benzene rings is 3. The fourth-order valence-corrected chi connectivity index (χ4v) is 6.38. The molecule has 1 fully saturated rings. The number of nitrogens with zero attached hydrogens (tertiary/aromatic N) is 1. The SMILES string of the molecule is CC[C@@]1(c2ccccc2)COc2c(C(O)NC)cc(C(=O)NCCCC3OCC(N4C(=O)c5ccccc5C4=O)CO3)cc21. The Hall–Kier alpha value is -4.09. The molecular formula is C34H37N3O7. The molecule has 0 saturated carbocycles. The van der Waals surface area contributed by atoms with Crippen molar-refractivity contribution in [2.24, 2.45) is 0 Å². The van der Waals surface area contributed by atoms with E-state index in [9.17, 15) is 19.5 Å². The van der Waals surface area contributed by atoms with E-state index in [4.69, 9.17) is 14.2 Å². The van der Waals surface area contributed by atoms with Crippen LogP contribution in [0.1, 0.15) is 80.2 Å². The van der Waals surface area contributed by atoms with Crippen LogP contribution in [0, 0.1) is 0 Å². The van der Waals surface area contributed by atoms with Crippen LogP contribution in [0.5, 0.6) is 5.75 Å². The van der Waals surface area contributed by atoms with Crippen molar-refractivity contribution in [2.75, 3.05) is 33.4 Å². The number of fused-ring (bicyclic) bond motifs is 2. The Morgan fingerprint density at radius 1 is 1.02 bits per heavy atom. The lowest BCUT2D eigenvalue weighted by atomic mass is 9.73. The molecule has 1 unspecified atom stereocenters. The Morgan fingerprint density at radius 2 is 1.68 bits per heavy atom. The van der Waals surface area contributed by atoms with Crippen molar-refractivity contribution in [3.05, 3.63) is 100 Å². The van der Waals surface area contributed by atoms with E-state index >= 15 is 0 Å². The monoisotopic (exact) mass is 599 g/mol. The first-order chi connectivity index (χ1) is 21.4. The highest BCUT2D eigenvalue weighted by Crippen LogP contribution is 2.48. The molecule has 3 N–H and O–H groups in total. The molecule has 230 valence electrons. The molecule has 0 aromatic heterocycles. The van der Waals surface area contributed by atoms with Gasteiger partial charge >= 0.3 is 0 Å². The lowest BCUT2D eigenvalue weighted by molar-refractivity contribution is -0.199. The summed E-state index contributed by atoms with van der Waals surface area (Å²) >= 11 is 0. The minimum atomic E-state index is -0.996. The van der Waals surface area contributed by atoms with E-state index in [1.165, 1.54) is 4.90 Å². The summed E-state index contributed by atoms with van der Waals surface area (Å²) in [5.74, 6) is -0.293. The van der Waals surface area contributed by atoms with E-state index in [2.05, 4.69) is 29.7 Å². The fourth-order valence-electron chi connectivity index (χ4n) is 6.38. The number of aliphatic hydroxyl groups excluding tert-OH is 1. The molecular weight excluding hydrogens is 562 g/mol. The van der Waals surface area contributed by atoms with E-state index < -0.39 is 24.0 Å². The third-order valence-electron chi connectivity index (χ3n) is 8.90. The first kappa shape index (κ1) is 30.0. The number of hydrogen-bond donors (Lipinski definition) is 3. The van der Waals surface area contributed by atoms with Gasteiger partial charge in [-0.3, -0.25) is 24.6 Å². The molecule has 2 atom stereocenters. The van der Waals surface area contributed by atoms with Crippen LogP contribution in [-0.2, 0) is 14.9 Å². The van der Waals surface area contributed by atoms with Crippen molar-refractivity contribution in [3.63, 3.8) is 0 Å². The number of nitrogens with one attached hydrogen (secondary N) is 2. The topological polar surface area (TPSA) is 126 Å². The van der Waals surface area contributed by atoms with Crippen molar-refractivity contribution in [1.29, 1.82) is 0 Å². The molecule has 3 aromatic rings. The van der Waals surface area contributed by atoms with Gasteiger partial charge in [0.15, 0.2) is 6.29 Å². The first-order valence-electron chi connectivity index (χ1n) is 15.1. The van der Waals surface area contributed by atoms with Crippen LogP contribution in [-0.4, -0.2) is 73.5 Å². The maximum absolute atomic E-state index is 13.4. The number of aliphatic hydroxyl groups is 1. The second kappa shape index (κ2) is 12.5.